The van der Waals surface area contributed by atoms with Crippen LogP contribution in [0.25, 0.3) is 0 Å². The molecule has 4 N–H and O–H groups in total. The molecule has 0 aliphatic heterocycles. The number of hydrogen-bond donors (Lipinski definition) is 3. The van der Waals surface area contributed by atoms with E-state index in [1.165, 1.54) is 0 Å². The zero-order chi connectivity index (χ0) is 11.3. The minimum atomic E-state index is 0.0273. The van der Waals surface area contributed by atoms with Crippen LogP contribution in [0.2, 0.25) is 0 Å². The minimum Gasteiger partial charge on any atom is -0.394 e. The van der Waals surface area contributed by atoms with Crippen molar-refractivity contribution in [1.82, 2.24) is 15.1 Å². The van der Waals surface area contributed by atoms with Crippen LogP contribution in [-0.4, -0.2) is 28.8 Å². The summed E-state index contributed by atoms with van der Waals surface area (Å²) in [6, 6.07) is 0. The number of rotatable bonds is 5. The van der Waals surface area contributed by atoms with Gasteiger partial charge >= 0.3 is 0 Å². The first kappa shape index (κ1) is 11.4. The number of nitrogen functional groups attached to an aromatic ring is 1. The van der Waals surface area contributed by atoms with Gasteiger partial charge in [-0.25, -0.2) is 0 Å². The normalized spacial score (nSPS) is 10.0. The van der Waals surface area contributed by atoms with Crippen molar-refractivity contribution >= 4 is 17.4 Å². The van der Waals surface area contributed by atoms with Crippen LogP contribution in [0.1, 0.15) is 13.3 Å². The first-order valence-corrected chi connectivity index (χ1v) is 4.93. The molecule has 0 saturated carbocycles. The molecule has 6 nitrogen and oxygen atoms in total. The van der Waals surface area contributed by atoms with Gasteiger partial charge in [-0.3, -0.25) is 9.48 Å². The van der Waals surface area contributed by atoms with Gasteiger partial charge in [-0.1, -0.05) is 0 Å². The molecule has 0 unspecified atom stereocenters. The first-order valence-electron chi connectivity index (χ1n) is 4.93. The van der Waals surface area contributed by atoms with Crippen molar-refractivity contribution in [2.24, 2.45) is 7.05 Å². The van der Waals surface area contributed by atoms with Gasteiger partial charge in [0.2, 0.25) is 5.91 Å². The predicted molar refractivity (Wildman–Crippen MR) is 59.4 cm³/mol. The van der Waals surface area contributed by atoms with Gasteiger partial charge in [0.05, 0.1) is 5.69 Å². The Morgan fingerprint density at radius 1 is 1.67 bits per heavy atom. The van der Waals surface area contributed by atoms with Gasteiger partial charge in [0, 0.05) is 32.8 Å². The van der Waals surface area contributed by atoms with E-state index in [2.05, 4.69) is 15.7 Å². The smallest absolute Gasteiger partial charge is 0.221 e. The van der Waals surface area contributed by atoms with E-state index in [0.717, 1.165) is 0 Å². The van der Waals surface area contributed by atoms with E-state index >= 15 is 0 Å². The number of nitrogens with zero attached hydrogens (tertiary/aromatic N) is 2. The summed E-state index contributed by atoms with van der Waals surface area (Å²) in [5, 5.41) is 9.82. The van der Waals surface area contributed by atoms with E-state index in [-0.39, 0.29) is 5.91 Å². The maximum atomic E-state index is 11.1. The molecule has 6 heteroatoms. The largest absolute Gasteiger partial charge is 0.394 e. The van der Waals surface area contributed by atoms with Crippen molar-refractivity contribution < 1.29 is 4.79 Å². The molecule has 0 radical (unpaired) electrons. The highest BCUT2D eigenvalue weighted by atomic mass is 16.1. The van der Waals surface area contributed by atoms with Crippen LogP contribution >= 0.6 is 0 Å². The molecule has 0 saturated heterocycles. The van der Waals surface area contributed by atoms with Crippen LogP contribution in [0, 0.1) is 0 Å². The Morgan fingerprint density at radius 2 is 2.40 bits per heavy atom. The molecule has 0 aliphatic rings. The second kappa shape index (κ2) is 5.23. The predicted octanol–water partition coefficient (Wildman–Crippen LogP) is -0.0596. The van der Waals surface area contributed by atoms with Gasteiger partial charge in [0.1, 0.15) is 0 Å². The standard InChI is InChI=1S/C9H17N5O/c1-3-11-8(15)4-5-12-9-7(10)6-14(2)13-9/h6H,3-5,10H2,1-2H3,(H,11,15)(H,12,13). The molecule has 1 aromatic rings. The molecule has 0 fully saturated rings. The number of hydrogen-bond acceptors (Lipinski definition) is 4. The number of carbonyl (C=O) groups excluding carboxylic acids is 1. The Kier molecular flexibility index (Phi) is 3.96. The fourth-order valence-electron chi connectivity index (χ4n) is 1.22. The lowest BCUT2D eigenvalue weighted by molar-refractivity contribution is -0.120. The van der Waals surface area contributed by atoms with Gasteiger partial charge in [-0.2, -0.15) is 5.10 Å². The summed E-state index contributed by atoms with van der Waals surface area (Å²) in [5.41, 5.74) is 6.26. The molecule has 0 aromatic carbocycles. The minimum absolute atomic E-state index is 0.0273. The summed E-state index contributed by atoms with van der Waals surface area (Å²) in [6.07, 6.45) is 2.14. The Bertz CT molecular complexity index is 333. The Hall–Kier alpha value is -1.72. The monoisotopic (exact) mass is 211 g/mol. The quantitative estimate of drug-likeness (QED) is 0.637. The third kappa shape index (κ3) is 3.49. The number of nitrogens with two attached hydrogens (primary N) is 1. The third-order valence-electron chi connectivity index (χ3n) is 1.88. The van der Waals surface area contributed by atoms with E-state index in [1.54, 1.807) is 17.9 Å². The van der Waals surface area contributed by atoms with Gasteiger partial charge in [-0.05, 0) is 6.92 Å². The van der Waals surface area contributed by atoms with Crippen LogP contribution in [-0.2, 0) is 11.8 Å². The average Bonchev–Trinajstić information content (AvgIpc) is 2.46. The highest BCUT2D eigenvalue weighted by Gasteiger charge is 2.04. The molecule has 1 heterocycles. The summed E-state index contributed by atoms with van der Waals surface area (Å²) in [5.74, 6) is 0.654. The van der Waals surface area contributed by atoms with Crippen molar-refractivity contribution in [3.05, 3.63) is 6.20 Å². The lowest BCUT2D eigenvalue weighted by Gasteiger charge is -2.03. The SMILES string of the molecule is CCNC(=O)CCNc1nn(C)cc1N. The van der Waals surface area contributed by atoms with E-state index in [9.17, 15) is 4.79 Å². The third-order valence-corrected chi connectivity index (χ3v) is 1.88. The van der Waals surface area contributed by atoms with Crippen molar-refractivity contribution in [2.45, 2.75) is 13.3 Å². The molecule has 0 atom stereocenters. The van der Waals surface area contributed by atoms with Gasteiger partial charge in [-0.15, -0.1) is 0 Å². The van der Waals surface area contributed by atoms with E-state index in [0.29, 0.717) is 31.0 Å². The topological polar surface area (TPSA) is 85.0 Å². The van der Waals surface area contributed by atoms with Crippen LogP contribution in [0.15, 0.2) is 6.20 Å². The van der Waals surface area contributed by atoms with Crippen molar-refractivity contribution in [1.29, 1.82) is 0 Å². The molecule has 84 valence electrons. The average molecular weight is 211 g/mol. The van der Waals surface area contributed by atoms with Crippen LogP contribution in [0.4, 0.5) is 11.5 Å². The zero-order valence-electron chi connectivity index (χ0n) is 9.08. The van der Waals surface area contributed by atoms with Crippen molar-refractivity contribution in [2.75, 3.05) is 24.1 Å². The fourth-order valence-corrected chi connectivity index (χ4v) is 1.22. The molecule has 1 amide bonds. The fraction of sp³-hybridized carbons (Fsp3) is 0.556. The van der Waals surface area contributed by atoms with Crippen LogP contribution in [0.5, 0.6) is 0 Å². The second-order valence-electron chi connectivity index (χ2n) is 3.24. The molecular weight excluding hydrogens is 194 g/mol. The number of carbonyl (C=O) groups is 1. The van der Waals surface area contributed by atoms with Crippen molar-refractivity contribution in [3.63, 3.8) is 0 Å². The summed E-state index contributed by atoms with van der Waals surface area (Å²) in [7, 11) is 1.80. The summed E-state index contributed by atoms with van der Waals surface area (Å²) < 4.78 is 1.63. The maximum Gasteiger partial charge on any atom is 0.221 e. The second-order valence-corrected chi connectivity index (χ2v) is 3.24. The number of aryl methyl sites for hydroxylation is 1. The number of anilines is 2. The Balaban J connectivity index is 2.31. The molecule has 15 heavy (non-hydrogen) atoms. The number of aromatic nitrogens is 2. The van der Waals surface area contributed by atoms with E-state index in [1.807, 2.05) is 6.92 Å². The highest BCUT2D eigenvalue weighted by Crippen LogP contribution is 2.13. The molecule has 1 rings (SSSR count). The van der Waals surface area contributed by atoms with Crippen LogP contribution < -0.4 is 16.4 Å². The van der Waals surface area contributed by atoms with Gasteiger partial charge in [0.25, 0.3) is 0 Å². The van der Waals surface area contributed by atoms with Gasteiger partial charge in [0.15, 0.2) is 5.82 Å². The highest BCUT2D eigenvalue weighted by molar-refractivity contribution is 5.76. The molecule has 0 bridgehead atoms. The molecule has 0 aliphatic carbocycles. The Labute approximate surface area is 88.8 Å². The summed E-state index contributed by atoms with van der Waals surface area (Å²) in [4.78, 5) is 11.1. The molecule has 1 aromatic heterocycles. The Morgan fingerprint density at radius 3 is 2.93 bits per heavy atom. The van der Waals surface area contributed by atoms with Gasteiger partial charge < -0.3 is 16.4 Å². The molecular formula is C9H17N5O. The van der Waals surface area contributed by atoms with Crippen molar-refractivity contribution in [3.8, 4) is 0 Å². The van der Waals surface area contributed by atoms with E-state index < -0.39 is 0 Å². The van der Waals surface area contributed by atoms with Crippen LogP contribution in [0.3, 0.4) is 0 Å². The number of nitrogens with one attached hydrogen (secondary N) is 2. The first-order chi connectivity index (χ1) is 7.13. The lowest BCUT2D eigenvalue weighted by atomic mass is 10.4. The lowest BCUT2D eigenvalue weighted by Crippen LogP contribution is -2.24. The number of amides is 1. The maximum absolute atomic E-state index is 11.1. The summed E-state index contributed by atoms with van der Waals surface area (Å²) >= 11 is 0. The molecule has 0 spiro atoms. The zero-order valence-corrected chi connectivity index (χ0v) is 9.08. The van der Waals surface area contributed by atoms with E-state index in [4.69, 9.17) is 5.73 Å². The summed E-state index contributed by atoms with van der Waals surface area (Å²) in [6.45, 7) is 3.08.